The summed E-state index contributed by atoms with van der Waals surface area (Å²) in [5.74, 6) is -1.13. The molecule has 0 unspecified atom stereocenters. The van der Waals surface area contributed by atoms with Gasteiger partial charge in [-0.1, -0.05) is 11.6 Å². The maximum Gasteiger partial charge on any atom is 0.573 e. The van der Waals surface area contributed by atoms with E-state index in [1.165, 1.54) is 30.3 Å². The van der Waals surface area contributed by atoms with Crippen molar-refractivity contribution in [2.75, 3.05) is 11.9 Å². The van der Waals surface area contributed by atoms with Crippen LogP contribution in [0.5, 0.6) is 11.5 Å². The van der Waals surface area contributed by atoms with Crippen molar-refractivity contribution >= 4 is 29.3 Å². The zero-order valence-corrected chi connectivity index (χ0v) is 13.6. The molecule has 1 aliphatic heterocycles. The zero-order chi connectivity index (χ0) is 18.9. The van der Waals surface area contributed by atoms with Gasteiger partial charge in [-0.25, -0.2) is 4.39 Å². The van der Waals surface area contributed by atoms with E-state index in [9.17, 15) is 22.4 Å². The molecule has 0 atom stereocenters. The van der Waals surface area contributed by atoms with E-state index in [1.54, 1.807) is 0 Å². The van der Waals surface area contributed by atoms with Gasteiger partial charge >= 0.3 is 6.36 Å². The van der Waals surface area contributed by atoms with Gasteiger partial charge in [-0.05, 0) is 36.4 Å². The number of benzene rings is 2. The largest absolute Gasteiger partial charge is 0.573 e. The summed E-state index contributed by atoms with van der Waals surface area (Å²) in [5.41, 5.74) is 0.702. The molecule has 2 aromatic rings. The summed E-state index contributed by atoms with van der Waals surface area (Å²) in [6.45, 7) is -0.0443. The Kier molecular flexibility index (Phi) is 4.78. The smallest absolute Gasteiger partial charge is 0.488 e. The lowest BCUT2D eigenvalue weighted by molar-refractivity contribution is -0.274. The number of anilines is 1. The van der Waals surface area contributed by atoms with Gasteiger partial charge in [0.1, 0.15) is 23.9 Å². The molecule has 26 heavy (non-hydrogen) atoms. The lowest BCUT2D eigenvalue weighted by Crippen LogP contribution is -2.21. The third-order valence-electron chi connectivity index (χ3n) is 3.40. The second-order valence-corrected chi connectivity index (χ2v) is 5.69. The first-order valence-electron chi connectivity index (χ1n) is 7.21. The minimum Gasteiger partial charge on any atom is -0.488 e. The molecular weight excluding hydrogens is 378 g/mol. The summed E-state index contributed by atoms with van der Waals surface area (Å²) in [5, 5.41) is 2.33. The topological polar surface area (TPSA) is 47.6 Å². The average Bonchev–Trinajstić information content (AvgIpc) is 2.55. The molecule has 4 nitrogen and oxygen atoms in total. The monoisotopic (exact) mass is 387 g/mol. The number of carbonyl (C=O) groups is 1. The Morgan fingerprint density at radius 3 is 2.65 bits per heavy atom. The van der Waals surface area contributed by atoms with Crippen LogP contribution in [0.25, 0.3) is 6.08 Å². The lowest BCUT2D eigenvalue weighted by atomic mass is 10.1. The standard InChI is InChI=1S/C17H10ClF4NO3/c18-13-7-12(26-17(20,21)22)2-3-14(13)23-16(24)10-5-9-6-11(19)1-4-15(9)25-8-10/h1-7H,8H2,(H,23,24). The van der Waals surface area contributed by atoms with Crippen molar-refractivity contribution in [1.29, 1.82) is 0 Å². The number of hydrogen-bond acceptors (Lipinski definition) is 3. The predicted octanol–water partition coefficient (Wildman–Crippen LogP) is 4.79. The summed E-state index contributed by atoms with van der Waals surface area (Å²) in [7, 11) is 0. The van der Waals surface area contributed by atoms with Gasteiger partial charge in [0.05, 0.1) is 16.3 Å². The normalized spacial score (nSPS) is 13.3. The van der Waals surface area contributed by atoms with Crippen LogP contribution in [-0.4, -0.2) is 18.9 Å². The second kappa shape index (κ2) is 6.87. The Morgan fingerprint density at radius 1 is 1.19 bits per heavy atom. The Morgan fingerprint density at radius 2 is 1.96 bits per heavy atom. The molecule has 0 fully saturated rings. The number of halogens is 5. The van der Waals surface area contributed by atoms with E-state index < -0.39 is 23.8 Å². The first-order valence-corrected chi connectivity index (χ1v) is 7.59. The average molecular weight is 388 g/mol. The van der Waals surface area contributed by atoms with E-state index in [-0.39, 0.29) is 22.9 Å². The molecule has 9 heteroatoms. The molecule has 1 aliphatic rings. The molecule has 1 N–H and O–H groups in total. The van der Waals surface area contributed by atoms with E-state index in [0.29, 0.717) is 11.3 Å². The van der Waals surface area contributed by atoms with Gasteiger partial charge in [0, 0.05) is 11.6 Å². The third-order valence-corrected chi connectivity index (χ3v) is 3.71. The fraction of sp³-hybridized carbons (Fsp3) is 0.118. The molecule has 0 aliphatic carbocycles. The van der Waals surface area contributed by atoms with Crippen molar-refractivity contribution in [3.63, 3.8) is 0 Å². The molecular formula is C17H10ClF4NO3. The summed E-state index contributed by atoms with van der Waals surface area (Å²) in [6, 6.07) is 7.04. The predicted molar refractivity (Wildman–Crippen MR) is 86.6 cm³/mol. The van der Waals surface area contributed by atoms with Crippen LogP contribution in [0.2, 0.25) is 5.02 Å². The van der Waals surface area contributed by atoms with Gasteiger partial charge in [-0.15, -0.1) is 13.2 Å². The molecule has 3 rings (SSSR count). The van der Waals surface area contributed by atoms with Gasteiger partial charge in [0.2, 0.25) is 0 Å². The maximum absolute atomic E-state index is 13.3. The molecule has 0 bridgehead atoms. The van der Waals surface area contributed by atoms with Crippen LogP contribution in [0, 0.1) is 5.82 Å². The van der Waals surface area contributed by atoms with Crippen molar-refractivity contribution in [1.82, 2.24) is 0 Å². The number of ether oxygens (including phenoxy) is 2. The molecule has 0 saturated carbocycles. The molecule has 0 aromatic heterocycles. The minimum absolute atomic E-state index is 0.0443. The van der Waals surface area contributed by atoms with Crippen LogP contribution in [0.4, 0.5) is 23.2 Å². The number of alkyl halides is 3. The highest BCUT2D eigenvalue weighted by Gasteiger charge is 2.31. The second-order valence-electron chi connectivity index (χ2n) is 5.28. The number of fused-ring (bicyclic) bond motifs is 1. The number of hydrogen-bond donors (Lipinski definition) is 1. The summed E-state index contributed by atoms with van der Waals surface area (Å²) in [6.07, 6.45) is -3.38. The highest BCUT2D eigenvalue weighted by atomic mass is 35.5. The Hall–Kier alpha value is -2.74. The summed E-state index contributed by atoms with van der Waals surface area (Å²) in [4.78, 5) is 12.3. The number of nitrogens with one attached hydrogen (secondary N) is 1. The van der Waals surface area contributed by atoms with Gasteiger partial charge in [-0.3, -0.25) is 4.79 Å². The van der Waals surface area contributed by atoms with Crippen LogP contribution in [-0.2, 0) is 4.79 Å². The van der Waals surface area contributed by atoms with E-state index in [4.69, 9.17) is 16.3 Å². The zero-order valence-electron chi connectivity index (χ0n) is 12.9. The quantitative estimate of drug-likeness (QED) is 0.770. The van der Waals surface area contributed by atoms with Crippen LogP contribution in [0.15, 0.2) is 42.0 Å². The molecule has 136 valence electrons. The molecule has 0 spiro atoms. The molecule has 1 heterocycles. The summed E-state index contributed by atoms with van der Waals surface area (Å²) < 4.78 is 59.0. The molecule has 0 radical (unpaired) electrons. The lowest BCUT2D eigenvalue weighted by Gasteiger charge is -2.18. The van der Waals surface area contributed by atoms with Crippen molar-refractivity contribution in [3.05, 3.63) is 58.4 Å². The van der Waals surface area contributed by atoms with Crippen molar-refractivity contribution in [2.24, 2.45) is 0 Å². The Bertz CT molecular complexity index is 896. The maximum atomic E-state index is 13.3. The number of amides is 1. The van der Waals surface area contributed by atoms with Crippen LogP contribution < -0.4 is 14.8 Å². The summed E-state index contributed by atoms with van der Waals surface area (Å²) >= 11 is 5.88. The first-order chi connectivity index (χ1) is 12.2. The first kappa shape index (κ1) is 18.1. The number of carbonyl (C=O) groups excluding carboxylic acids is 1. The van der Waals surface area contributed by atoms with E-state index in [0.717, 1.165) is 12.1 Å². The molecule has 2 aromatic carbocycles. The van der Waals surface area contributed by atoms with Crippen LogP contribution >= 0.6 is 11.6 Å². The van der Waals surface area contributed by atoms with Crippen molar-refractivity contribution < 1.29 is 31.8 Å². The van der Waals surface area contributed by atoms with Crippen molar-refractivity contribution in [2.45, 2.75) is 6.36 Å². The van der Waals surface area contributed by atoms with Gasteiger partial charge in [0.15, 0.2) is 0 Å². The van der Waals surface area contributed by atoms with E-state index in [2.05, 4.69) is 10.1 Å². The highest BCUT2D eigenvalue weighted by molar-refractivity contribution is 6.34. The highest BCUT2D eigenvalue weighted by Crippen LogP contribution is 2.31. The van der Waals surface area contributed by atoms with Crippen LogP contribution in [0.3, 0.4) is 0 Å². The van der Waals surface area contributed by atoms with E-state index in [1.807, 2.05) is 0 Å². The van der Waals surface area contributed by atoms with Crippen molar-refractivity contribution in [3.8, 4) is 11.5 Å². The fourth-order valence-electron chi connectivity index (χ4n) is 2.28. The van der Waals surface area contributed by atoms with Gasteiger partial charge in [0.25, 0.3) is 5.91 Å². The Labute approximate surface area is 150 Å². The molecule has 0 saturated heterocycles. The molecule has 1 amide bonds. The SMILES string of the molecule is O=C(Nc1ccc(OC(F)(F)F)cc1Cl)C1=Cc2cc(F)ccc2OC1. The van der Waals surface area contributed by atoms with Gasteiger partial charge < -0.3 is 14.8 Å². The third kappa shape index (κ3) is 4.26. The minimum atomic E-state index is -4.85. The van der Waals surface area contributed by atoms with Crippen LogP contribution in [0.1, 0.15) is 5.56 Å². The number of rotatable bonds is 3. The Balaban J connectivity index is 1.76. The van der Waals surface area contributed by atoms with E-state index >= 15 is 0 Å². The fourth-order valence-corrected chi connectivity index (χ4v) is 2.49. The van der Waals surface area contributed by atoms with Gasteiger partial charge in [-0.2, -0.15) is 0 Å².